The standard InChI is InChI=1S/C15H12BrClFNO/c1-9-11(4-12(18)6-13(9)16)5-15(20)14-3-2-10(7-17)8-19-14/h2-4,6,8H,5,7H2,1H3. The molecule has 0 aliphatic heterocycles. The van der Waals surface area contributed by atoms with E-state index >= 15 is 0 Å². The Kier molecular flexibility index (Phi) is 4.89. The quantitative estimate of drug-likeness (QED) is 0.598. The SMILES string of the molecule is Cc1c(Br)cc(F)cc1CC(=O)c1ccc(CCl)cn1. The van der Waals surface area contributed by atoms with E-state index in [0.717, 1.165) is 11.1 Å². The highest BCUT2D eigenvalue weighted by Gasteiger charge is 2.13. The Balaban J connectivity index is 2.23. The second-order valence-corrected chi connectivity index (χ2v) is 5.58. The lowest BCUT2D eigenvalue weighted by molar-refractivity contribution is 0.0988. The first kappa shape index (κ1) is 15.1. The second kappa shape index (κ2) is 6.46. The predicted molar refractivity (Wildman–Crippen MR) is 80.7 cm³/mol. The Morgan fingerprint density at radius 1 is 1.40 bits per heavy atom. The number of benzene rings is 1. The summed E-state index contributed by atoms with van der Waals surface area (Å²) in [6.07, 6.45) is 1.70. The van der Waals surface area contributed by atoms with Gasteiger partial charge in [-0.05, 0) is 41.8 Å². The molecule has 0 bridgehead atoms. The topological polar surface area (TPSA) is 30.0 Å². The minimum atomic E-state index is -0.365. The molecule has 1 heterocycles. The Morgan fingerprint density at radius 2 is 2.15 bits per heavy atom. The van der Waals surface area contributed by atoms with E-state index in [-0.39, 0.29) is 18.0 Å². The second-order valence-electron chi connectivity index (χ2n) is 4.46. The number of Topliss-reactive ketones (excluding diaryl/α,β-unsaturated/α-hetero) is 1. The van der Waals surface area contributed by atoms with Crippen molar-refractivity contribution in [3.05, 3.63) is 63.1 Å². The van der Waals surface area contributed by atoms with Crippen molar-refractivity contribution in [3.8, 4) is 0 Å². The molecule has 5 heteroatoms. The lowest BCUT2D eigenvalue weighted by atomic mass is 10.0. The van der Waals surface area contributed by atoms with E-state index in [0.29, 0.717) is 21.6 Å². The van der Waals surface area contributed by atoms with Crippen molar-refractivity contribution in [2.45, 2.75) is 19.2 Å². The third-order valence-corrected chi connectivity index (χ3v) is 4.16. The van der Waals surface area contributed by atoms with Gasteiger partial charge in [-0.2, -0.15) is 0 Å². The highest BCUT2D eigenvalue weighted by atomic mass is 79.9. The number of nitrogens with zero attached hydrogens (tertiary/aromatic N) is 1. The lowest BCUT2D eigenvalue weighted by Gasteiger charge is -2.07. The van der Waals surface area contributed by atoms with E-state index in [1.807, 2.05) is 6.92 Å². The molecule has 0 unspecified atom stereocenters. The number of rotatable bonds is 4. The van der Waals surface area contributed by atoms with Crippen LogP contribution in [0.3, 0.4) is 0 Å². The maximum Gasteiger partial charge on any atom is 0.185 e. The first-order valence-corrected chi connectivity index (χ1v) is 7.32. The lowest BCUT2D eigenvalue weighted by Crippen LogP contribution is -2.08. The molecule has 0 N–H and O–H groups in total. The predicted octanol–water partition coefficient (Wildman–Crippen LogP) is 4.46. The van der Waals surface area contributed by atoms with Crippen LogP contribution >= 0.6 is 27.5 Å². The minimum absolute atomic E-state index is 0.120. The zero-order chi connectivity index (χ0) is 14.7. The molecule has 1 aromatic carbocycles. The molecule has 0 saturated carbocycles. The highest BCUT2D eigenvalue weighted by Crippen LogP contribution is 2.22. The van der Waals surface area contributed by atoms with Crippen LogP contribution in [0.5, 0.6) is 0 Å². The number of ketones is 1. The zero-order valence-electron chi connectivity index (χ0n) is 10.8. The summed E-state index contributed by atoms with van der Waals surface area (Å²) in [6.45, 7) is 1.84. The Hall–Kier alpha value is -1.26. The van der Waals surface area contributed by atoms with Gasteiger partial charge in [0.1, 0.15) is 11.5 Å². The van der Waals surface area contributed by atoms with Crippen molar-refractivity contribution in [2.24, 2.45) is 0 Å². The van der Waals surface area contributed by atoms with E-state index < -0.39 is 0 Å². The third-order valence-electron chi connectivity index (χ3n) is 3.03. The van der Waals surface area contributed by atoms with E-state index in [4.69, 9.17) is 11.6 Å². The van der Waals surface area contributed by atoms with Crippen molar-refractivity contribution in [1.82, 2.24) is 4.98 Å². The number of aromatic nitrogens is 1. The van der Waals surface area contributed by atoms with Gasteiger partial charge >= 0.3 is 0 Å². The zero-order valence-corrected chi connectivity index (χ0v) is 13.1. The van der Waals surface area contributed by atoms with Gasteiger partial charge < -0.3 is 0 Å². The van der Waals surface area contributed by atoms with E-state index in [1.54, 1.807) is 18.3 Å². The fourth-order valence-corrected chi connectivity index (χ4v) is 2.45. The van der Waals surface area contributed by atoms with Gasteiger partial charge in [0.2, 0.25) is 0 Å². The van der Waals surface area contributed by atoms with E-state index in [1.165, 1.54) is 12.1 Å². The van der Waals surface area contributed by atoms with Crippen LogP contribution < -0.4 is 0 Å². The van der Waals surface area contributed by atoms with Crippen LogP contribution in [0.25, 0.3) is 0 Å². The highest BCUT2D eigenvalue weighted by molar-refractivity contribution is 9.10. The molecule has 2 nitrogen and oxygen atoms in total. The molecule has 0 fully saturated rings. The van der Waals surface area contributed by atoms with Crippen molar-refractivity contribution in [3.63, 3.8) is 0 Å². The summed E-state index contributed by atoms with van der Waals surface area (Å²) in [5.74, 6) is -0.153. The molecule has 104 valence electrons. The number of hydrogen-bond donors (Lipinski definition) is 0. The normalized spacial score (nSPS) is 10.6. The summed E-state index contributed by atoms with van der Waals surface area (Å²) < 4.78 is 14.0. The van der Waals surface area contributed by atoms with Gasteiger partial charge in [0.15, 0.2) is 5.78 Å². The van der Waals surface area contributed by atoms with Crippen LogP contribution in [0.15, 0.2) is 34.9 Å². The molecule has 0 saturated heterocycles. The summed E-state index contributed by atoms with van der Waals surface area (Å²) in [5, 5.41) is 0. The molecule has 0 radical (unpaired) electrons. The molecular weight excluding hydrogens is 345 g/mol. The summed E-state index contributed by atoms with van der Waals surface area (Å²) in [7, 11) is 0. The van der Waals surface area contributed by atoms with Gasteiger partial charge in [-0.1, -0.05) is 22.0 Å². The molecule has 0 amide bonds. The maximum atomic E-state index is 13.4. The number of halogens is 3. The molecular formula is C15H12BrClFNO. The van der Waals surface area contributed by atoms with Gasteiger partial charge in [-0.15, -0.1) is 11.6 Å². The number of pyridine rings is 1. The van der Waals surface area contributed by atoms with Gasteiger partial charge in [-0.25, -0.2) is 4.39 Å². The first-order chi connectivity index (χ1) is 9.51. The minimum Gasteiger partial charge on any atom is -0.292 e. The fraction of sp³-hybridized carbons (Fsp3) is 0.200. The summed E-state index contributed by atoms with van der Waals surface area (Å²) >= 11 is 8.95. The first-order valence-electron chi connectivity index (χ1n) is 6.00. The maximum absolute atomic E-state index is 13.4. The van der Waals surface area contributed by atoms with Crippen molar-refractivity contribution >= 4 is 33.3 Å². The molecule has 0 spiro atoms. The van der Waals surface area contributed by atoms with E-state index in [9.17, 15) is 9.18 Å². The van der Waals surface area contributed by atoms with Crippen LogP contribution in [0.4, 0.5) is 4.39 Å². The van der Waals surface area contributed by atoms with Crippen molar-refractivity contribution in [2.75, 3.05) is 0 Å². The molecule has 2 rings (SSSR count). The summed E-state index contributed by atoms with van der Waals surface area (Å²) in [4.78, 5) is 16.2. The fourth-order valence-electron chi connectivity index (χ4n) is 1.81. The van der Waals surface area contributed by atoms with Gasteiger partial charge in [0.25, 0.3) is 0 Å². The number of carbonyl (C=O) groups excluding carboxylic acids is 1. The summed E-state index contributed by atoms with van der Waals surface area (Å²) in [6, 6.07) is 6.17. The van der Waals surface area contributed by atoms with Crippen LogP contribution in [0, 0.1) is 12.7 Å². The summed E-state index contributed by atoms with van der Waals surface area (Å²) in [5.41, 5.74) is 2.73. The smallest absolute Gasteiger partial charge is 0.185 e. The monoisotopic (exact) mass is 355 g/mol. The largest absolute Gasteiger partial charge is 0.292 e. The van der Waals surface area contributed by atoms with Crippen LogP contribution in [-0.4, -0.2) is 10.8 Å². The van der Waals surface area contributed by atoms with Gasteiger partial charge in [-0.3, -0.25) is 9.78 Å². The number of carbonyl (C=O) groups is 1. The molecule has 1 aromatic heterocycles. The molecule has 0 atom stereocenters. The van der Waals surface area contributed by atoms with Crippen LogP contribution in [0.1, 0.15) is 27.2 Å². The van der Waals surface area contributed by atoms with E-state index in [2.05, 4.69) is 20.9 Å². The van der Waals surface area contributed by atoms with Gasteiger partial charge in [0, 0.05) is 23.0 Å². The number of alkyl halides is 1. The van der Waals surface area contributed by atoms with Crippen LogP contribution in [-0.2, 0) is 12.3 Å². The average molecular weight is 357 g/mol. The Labute approximate surface area is 130 Å². The molecule has 0 aliphatic carbocycles. The molecule has 0 aliphatic rings. The Bertz CT molecular complexity index is 643. The molecule has 20 heavy (non-hydrogen) atoms. The van der Waals surface area contributed by atoms with Gasteiger partial charge in [0.05, 0.1) is 0 Å². The van der Waals surface area contributed by atoms with Crippen molar-refractivity contribution in [1.29, 1.82) is 0 Å². The Morgan fingerprint density at radius 3 is 2.75 bits per heavy atom. The van der Waals surface area contributed by atoms with Crippen LogP contribution in [0.2, 0.25) is 0 Å². The molecule has 2 aromatic rings. The third kappa shape index (κ3) is 3.44. The number of hydrogen-bond acceptors (Lipinski definition) is 2. The average Bonchev–Trinajstić information content (AvgIpc) is 2.44. The van der Waals surface area contributed by atoms with Crippen molar-refractivity contribution < 1.29 is 9.18 Å².